The molecule has 0 N–H and O–H groups in total. The molecule has 7 atom stereocenters. The maximum absolute atomic E-state index is 6.50. The molecule has 3 aliphatic rings. The molecule has 0 heterocycles. The summed E-state index contributed by atoms with van der Waals surface area (Å²) >= 11 is 6.50. The molecule has 0 bridgehead atoms. The highest BCUT2D eigenvalue weighted by Crippen LogP contribution is 2.60. The van der Waals surface area contributed by atoms with Gasteiger partial charge in [-0.1, -0.05) is 78.9 Å². The highest BCUT2D eigenvalue weighted by atomic mass is 35.5. The maximum atomic E-state index is 6.50. The molecule has 28 heavy (non-hydrogen) atoms. The predicted octanol–water partition coefficient (Wildman–Crippen LogP) is 9.03. The number of hydrogen-bond donors (Lipinski definition) is 0. The molecular formula is C27H47Cl. The van der Waals surface area contributed by atoms with Gasteiger partial charge in [-0.2, -0.15) is 0 Å². The monoisotopic (exact) mass is 406 g/mol. The quantitative estimate of drug-likeness (QED) is 0.292. The van der Waals surface area contributed by atoms with Crippen molar-refractivity contribution in [3.63, 3.8) is 0 Å². The van der Waals surface area contributed by atoms with Crippen LogP contribution in [0.3, 0.4) is 0 Å². The number of rotatable bonds is 7. The van der Waals surface area contributed by atoms with E-state index in [2.05, 4.69) is 47.6 Å². The van der Waals surface area contributed by atoms with Gasteiger partial charge in [-0.3, -0.25) is 0 Å². The van der Waals surface area contributed by atoms with E-state index in [-0.39, 0.29) is 0 Å². The summed E-state index contributed by atoms with van der Waals surface area (Å²) in [6.07, 6.45) is 17.7. The second-order valence-corrected chi connectivity index (χ2v) is 12.4. The van der Waals surface area contributed by atoms with Gasteiger partial charge in [-0.15, -0.1) is 11.6 Å². The van der Waals surface area contributed by atoms with Gasteiger partial charge in [0.25, 0.3) is 0 Å². The van der Waals surface area contributed by atoms with Crippen molar-refractivity contribution in [3.8, 4) is 0 Å². The minimum Gasteiger partial charge on any atom is -0.123 e. The lowest BCUT2D eigenvalue weighted by Gasteiger charge is -2.49. The van der Waals surface area contributed by atoms with Crippen molar-refractivity contribution in [2.24, 2.45) is 40.4 Å². The van der Waals surface area contributed by atoms with Crippen LogP contribution in [-0.2, 0) is 0 Å². The molecule has 0 aromatic heterocycles. The van der Waals surface area contributed by atoms with Crippen LogP contribution in [-0.4, -0.2) is 5.38 Å². The van der Waals surface area contributed by atoms with E-state index in [1.165, 1.54) is 64.2 Å². The Kier molecular flexibility index (Phi) is 7.33. The van der Waals surface area contributed by atoms with Crippen molar-refractivity contribution < 1.29 is 0 Å². The summed E-state index contributed by atoms with van der Waals surface area (Å²) < 4.78 is 0. The second-order valence-electron chi connectivity index (χ2n) is 11.8. The van der Waals surface area contributed by atoms with Gasteiger partial charge in [0.05, 0.1) is 0 Å². The van der Waals surface area contributed by atoms with Gasteiger partial charge in [0.2, 0.25) is 0 Å². The van der Waals surface area contributed by atoms with Crippen molar-refractivity contribution in [3.05, 3.63) is 11.6 Å². The first-order valence-electron chi connectivity index (χ1n) is 12.5. The summed E-state index contributed by atoms with van der Waals surface area (Å²) in [4.78, 5) is 0. The van der Waals surface area contributed by atoms with Crippen LogP contribution in [0.15, 0.2) is 11.6 Å². The fourth-order valence-corrected chi connectivity index (χ4v) is 7.90. The van der Waals surface area contributed by atoms with Crippen LogP contribution >= 0.6 is 11.6 Å². The number of halogens is 1. The fourth-order valence-electron chi connectivity index (χ4n) is 7.62. The Bertz CT molecular complexity index is 548. The summed E-state index contributed by atoms with van der Waals surface area (Å²) in [5, 5.41) is 0.388. The van der Waals surface area contributed by atoms with Crippen LogP contribution < -0.4 is 0 Å². The number of alkyl halides is 1. The van der Waals surface area contributed by atoms with E-state index < -0.39 is 0 Å². The van der Waals surface area contributed by atoms with Gasteiger partial charge >= 0.3 is 0 Å². The zero-order valence-corrected chi connectivity index (χ0v) is 20.5. The van der Waals surface area contributed by atoms with E-state index in [4.69, 9.17) is 11.6 Å². The van der Waals surface area contributed by atoms with Crippen LogP contribution in [0.25, 0.3) is 0 Å². The van der Waals surface area contributed by atoms with Crippen LogP contribution in [0.1, 0.15) is 112 Å². The average Bonchev–Trinajstić information content (AvgIpc) is 2.99. The van der Waals surface area contributed by atoms with Crippen LogP contribution in [0.2, 0.25) is 0 Å². The first-order valence-corrected chi connectivity index (χ1v) is 13.0. The van der Waals surface area contributed by atoms with Gasteiger partial charge in [0.1, 0.15) is 0 Å². The van der Waals surface area contributed by atoms with Crippen LogP contribution in [0.5, 0.6) is 0 Å². The van der Waals surface area contributed by atoms with Crippen molar-refractivity contribution in [1.29, 1.82) is 0 Å². The Balaban J connectivity index is 1.69. The first kappa shape index (κ1) is 22.7. The maximum Gasteiger partial charge on any atom is 0.0373 e. The molecule has 0 amide bonds. The molecule has 0 nitrogen and oxygen atoms in total. The molecule has 0 radical (unpaired) electrons. The number of allylic oxidation sites excluding steroid dienone is 2. The third-order valence-corrected chi connectivity index (χ3v) is 9.92. The Morgan fingerprint density at radius 2 is 1.86 bits per heavy atom. The van der Waals surface area contributed by atoms with Crippen molar-refractivity contribution in [2.75, 3.05) is 0 Å². The van der Waals surface area contributed by atoms with Crippen molar-refractivity contribution >= 4 is 11.6 Å². The standard InChI is InChI=1S/C27H47Cl/c1-7-27(6)24(20(4)10-8-9-19(2)3)13-14-25(27)21-11-12-22-17-23(28)15-16-26(22,5)18-21/h12,19-21,23-25H,7-11,13-18H2,1-6H3/t20-,21-,23+,24-,25?,26-,27-/m1/s1. The first-order chi connectivity index (χ1) is 13.2. The third kappa shape index (κ3) is 4.53. The Hall–Kier alpha value is 0.0300. The van der Waals surface area contributed by atoms with E-state index in [9.17, 15) is 0 Å². The summed E-state index contributed by atoms with van der Waals surface area (Å²) in [5.74, 6) is 4.52. The Morgan fingerprint density at radius 3 is 2.54 bits per heavy atom. The zero-order chi connectivity index (χ0) is 20.5. The van der Waals surface area contributed by atoms with Gasteiger partial charge in [0.15, 0.2) is 0 Å². The molecule has 2 saturated carbocycles. The van der Waals surface area contributed by atoms with E-state index in [0.717, 1.165) is 36.0 Å². The molecule has 3 rings (SSSR count). The molecular weight excluding hydrogens is 360 g/mol. The van der Waals surface area contributed by atoms with E-state index in [1.807, 2.05) is 0 Å². The van der Waals surface area contributed by atoms with Gasteiger partial charge in [0, 0.05) is 5.38 Å². The third-order valence-electron chi connectivity index (χ3n) is 9.55. The minimum atomic E-state index is 0.388. The normalized spacial score (nSPS) is 42.4. The number of fused-ring (bicyclic) bond motifs is 1. The smallest absolute Gasteiger partial charge is 0.0373 e. The Morgan fingerprint density at radius 1 is 1.11 bits per heavy atom. The van der Waals surface area contributed by atoms with E-state index in [0.29, 0.717) is 16.2 Å². The molecule has 2 fully saturated rings. The summed E-state index contributed by atoms with van der Waals surface area (Å²) in [7, 11) is 0. The molecule has 0 aromatic rings. The predicted molar refractivity (Wildman–Crippen MR) is 125 cm³/mol. The highest BCUT2D eigenvalue weighted by molar-refractivity contribution is 6.20. The molecule has 162 valence electrons. The molecule has 1 unspecified atom stereocenters. The van der Waals surface area contributed by atoms with Crippen LogP contribution in [0, 0.1) is 40.4 Å². The van der Waals surface area contributed by atoms with E-state index >= 15 is 0 Å². The molecule has 3 aliphatic carbocycles. The lowest BCUT2D eigenvalue weighted by Crippen LogP contribution is -2.40. The highest BCUT2D eigenvalue weighted by Gasteiger charge is 2.51. The summed E-state index contributed by atoms with van der Waals surface area (Å²) in [6.45, 7) is 15.0. The lowest BCUT2D eigenvalue weighted by molar-refractivity contribution is 0.0480. The van der Waals surface area contributed by atoms with Crippen molar-refractivity contribution in [2.45, 2.75) is 118 Å². The molecule has 0 aliphatic heterocycles. The Labute approximate surface area is 181 Å². The molecule has 1 heteroatoms. The second kappa shape index (κ2) is 9.03. The largest absolute Gasteiger partial charge is 0.123 e. The zero-order valence-electron chi connectivity index (χ0n) is 19.7. The summed E-state index contributed by atoms with van der Waals surface area (Å²) in [5.41, 5.74) is 2.70. The van der Waals surface area contributed by atoms with Crippen LogP contribution in [0.4, 0.5) is 0 Å². The molecule has 0 spiro atoms. The van der Waals surface area contributed by atoms with E-state index in [1.54, 1.807) is 5.57 Å². The topological polar surface area (TPSA) is 0 Å². The minimum absolute atomic E-state index is 0.388. The number of hydrogen-bond acceptors (Lipinski definition) is 0. The lowest BCUT2D eigenvalue weighted by atomic mass is 9.56. The molecule has 0 saturated heterocycles. The average molecular weight is 407 g/mol. The van der Waals surface area contributed by atoms with Gasteiger partial charge < -0.3 is 0 Å². The molecule has 0 aromatic carbocycles. The summed E-state index contributed by atoms with van der Waals surface area (Å²) in [6, 6.07) is 0. The van der Waals surface area contributed by atoms with Gasteiger partial charge in [-0.05, 0) is 85.4 Å². The van der Waals surface area contributed by atoms with Gasteiger partial charge in [-0.25, -0.2) is 0 Å². The SMILES string of the molecule is CC[C@@]1(C)C([C@@H]2CC=C3C[C@@H](Cl)CC[C@]3(C)C2)CC[C@@H]1[C@H](C)CCCC(C)C. The van der Waals surface area contributed by atoms with Crippen molar-refractivity contribution in [1.82, 2.24) is 0 Å². The fraction of sp³-hybridized carbons (Fsp3) is 0.926.